The van der Waals surface area contributed by atoms with Gasteiger partial charge in [0.2, 0.25) is 11.8 Å². The van der Waals surface area contributed by atoms with Gasteiger partial charge in [-0.05, 0) is 19.3 Å². The lowest BCUT2D eigenvalue weighted by atomic mass is 10.0. The van der Waals surface area contributed by atoms with E-state index in [2.05, 4.69) is 22.5 Å². The normalized spacial score (nSPS) is 15.2. The number of nitrogens with zero attached hydrogens (tertiary/aromatic N) is 3. The molecule has 1 aliphatic rings. The van der Waals surface area contributed by atoms with Gasteiger partial charge in [0.15, 0.2) is 5.96 Å². The summed E-state index contributed by atoms with van der Waals surface area (Å²) in [5, 5.41) is 6.64. The van der Waals surface area contributed by atoms with Crippen LogP contribution in [-0.4, -0.2) is 87.6 Å². The van der Waals surface area contributed by atoms with Crippen molar-refractivity contribution in [3.63, 3.8) is 0 Å². The summed E-state index contributed by atoms with van der Waals surface area (Å²) in [5.74, 6) is 0.784. The molecule has 1 saturated heterocycles. The zero-order valence-corrected chi connectivity index (χ0v) is 18.7. The van der Waals surface area contributed by atoms with E-state index in [1.54, 1.807) is 21.2 Å². The van der Waals surface area contributed by atoms with E-state index in [9.17, 15) is 9.59 Å². The molecule has 0 radical (unpaired) electrons. The molecule has 0 bridgehead atoms. The van der Waals surface area contributed by atoms with Crippen molar-refractivity contribution >= 4 is 41.8 Å². The van der Waals surface area contributed by atoms with Crippen molar-refractivity contribution in [3.05, 3.63) is 0 Å². The number of rotatable bonds is 8. The van der Waals surface area contributed by atoms with Gasteiger partial charge in [-0.15, -0.1) is 24.0 Å². The van der Waals surface area contributed by atoms with Crippen LogP contribution in [0.5, 0.6) is 0 Å². The number of aliphatic imine (C=N–C) groups is 1. The number of likely N-dealkylation sites (tertiary alicyclic amines) is 1. The first-order valence-corrected chi connectivity index (χ1v) is 8.99. The van der Waals surface area contributed by atoms with Gasteiger partial charge in [-0.1, -0.05) is 6.92 Å². The molecule has 1 heterocycles. The van der Waals surface area contributed by atoms with Crippen molar-refractivity contribution in [2.75, 3.05) is 54.0 Å². The highest BCUT2D eigenvalue weighted by molar-refractivity contribution is 14.0. The van der Waals surface area contributed by atoms with Crippen LogP contribution in [-0.2, 0) is 14.3 Å². The first-order chi connectivity index (χ1) is 12.0. The molecule has 9 heteroatoms. The molecule has 0 aliphatic carbocycles. The third-order valence-corrected chi connectivity index (χ3v) is 4.12. The summed E-state index contributed by atoms with van der Waals surface area (Å²) in [6.07, 6.45) is 3.15. The van der Waals surface area contributed by atoms with Crippen LogP contribution in [0.3, 0.4) is 0 Å². The topological polar surface area (TPSA) is 86.3 Å². The smallest absolute Gasteiger partial charge is 0.243 e. The summed E-state index contributed by atoms with van der Waals surface area (Å²) in [7, 11) is 5.05. The monoisotopic (exact) mass is 483 g/mol. The Labute approximate surface area is 174 Å². The van der Waals surface area contributed by atoms with Crippen LogP contribution in [0.1, 0.15) is 32.6 Å². The molecular weight excluding hydrogens is 449 g/mol. The zero-order chi connectivity index (χ0) is 18.7. The molecule has 1 rings (SSSR count). The summed E-state index contributed by atoms with van der Waals surface area (Å²) in [4.78, 5) is 31.5. The highest BCUT2D eigenvalue weighted by Gasteiger charge is 2.23. The van der Waals surface area contributed by atoms with Gasteiger partial charge in [-0.2, -0.15) is 0 Å². The number of carbonyl (C=O) groups excluding carboxylic acids is 2. The maximum Gasteiger partial charge on any atom is 0.243 e. The Hall–Kier alpha value is -1.10. The highest BCUT2D eigenvalue weighted by atomic mass is 127. The van der Waals surface area contributed by atoms with E-state index in [-0.39, 0.29) is 48.4 Å². The number of carbonyl (C=O) groups is 2. The number of likely N-dealkylation sites (N-methyl/N-ethyl adjacent to an activating group) is 1. The number of hydrogen-bond donors (Lipinski definition) is 2. The summed E-state index contributed by atoms with van der Waals surface area (Å²) in [6.45, 7) is 4.95. The Morgan fingerprint density at radius 3 is 2.46 bits per heavy atom. The number of nitrogens with one attached hydrogen (secondary N) is 2. The van der Waals surface area contributed by atoms with E-state index in [0.29, 0.717) is 19.0 Å². The van der Waals surface area contributed by atoms with Crippen LogP contribution in [0, 0.1) is 0 Å². The second-order valence-corrected chi connectivity index (χ2v) is 6.42. The Kier molecular flexibility index (Phi) is 13.4. The largest absolute Gasteiger partial charge is 0.384 e. The van der Waals surface area contributed by atoms with Crippen molar-refractivity contribution in [2.45, 2.75) is 38.6 Å². The summed E-state index contributed by atoms with van der Waals surface area (Å²) >= 11 is 0. The highest BCUT2D eigenvalue weighted by Crippen LogP contribution is 2.11. The predicted molar refractivity (Wildman–Crippen MR) is 114 cm³/mol. The fourth-order valence-electron chi connectivity index (χ4n) is 2.50. The van der Waals surface area contributed by atoms with Crippen molar-refractivity contribution in [1.29, 1.82) is 0 Å². The Bertz CT molecular complexity index is 452. The molecule has 1 fully saturated rings. The maximum absolute atomic E-state index is 12.0. The second-order valence-electron chi connectivity index (χ2n) is 6.42. The van der Waals surface area contributed by atoms with Crippen LogP contribution in [0.2, 0.25) is 0 Å². The molecule has 0 atom stereocenters. The fraction of sp³-hybridized carbons (Fsp3) is 0.824. The van der Waals surface area contributed by atoms with Crippen LogP contribution < -0.4 is 10.6 Å². The lowest BCUT2D eigenvalue weighted by Gasteiger charge is -2.33. The molecular formula is C17H34IN5O3. The Morgan fingerprint density at radius 1 is 1.27 bits per heavy atom. The molecule has 0 saturated carbocycles. The lowest BCUT2D eigenvalue weighted by molar-refractivity contribution is -0.133. The summed E-state index contributed by atoms with van der Waals surface area (Å²) in [5.41, 5.74) is 0. The third kappa shape index (κ3) is 9.56. The van der Waals surface area contributed by atoms with Crippen molar-refractivity contribution in [3.8, 4) is 0 Å². The minimum atomic E-state index is -0.0313. The minimum absolute atomic E-state index is 0. The SMILES string of the molecule is CCCNC(=NCC(=O)N(C)C)NC1CCN(C(=O)CCOC)CC1.I. The zero-order valence-electron chi connectivity index (χ0n) is 16.4. The lowest BCUT2D eigenvalue weighted by Crippen LogP contribution is -2.50. The number of guanidine groups is 1. The first-order valence-electron chi connectivity index (χ1n) is 8.99. The van der Waals surface area contributed by atoms with Crippen LogP contribution in [0.4, 0.5) is 0 Å². The van der Waals surface area contributed by atoms with Gasteiger partial charge in [-0.25, -0.2) is 4.99 Å². The minimum Gasteiger partial charge on any atom is -0.384 e. The van der Waals surface area contributed by atoms with Crippen molar-refractivity contribution in [2.24, 2.45) is 4.99 Å². The number of ether oxygens (including phenoxy) is 1. The van der Waals surface area contributed by atoms with Crippen molar-refractivity contribution < 1.29 is 14.3 Å². The molecule has 0 aromatic rings. The quantitative estimate of drug-likeness (QED) is 0.301. The van der Waals surface area contributed by atoms with Gasteiger partial charge in [0, 0.05) is 46.9 Å². The van der Waals surface area contributed by atoms with E-state index in [0.717, 1.165) is 38.9 Å². The second kappa shape index (κ2) is 14.0. The van der Waals surface area contributed by atoms with Gasteiger partial charge in [0.1, 0.15) is 6.54 Å². The molecule has 2 N–H and O–H groups in total. The number of amides is 2. The molecule has 26 heavy (non-hydrogen) atoms. The summed E-state index contributed by atoms with van der Waals surface area (Å²) in [6, 6.07) is 0.254. The molecule has 1 aliphatic heterocycles. The molecule has 0 spiro atoms. The fourth-order valence-corrected chi connectivity index (χ4v) is 2.50. The van der Waals surface area contributed by atoms with Crippen molar-refractivity contribution in [1.82, 2.24) is 20.4 Å². The number of piperidine rings is 1. The molecule has 0 aromatic carbocycles. The third-order valence-electron chi connectivity index (χ3n) is 4.12. The van der Waals surface area contributed by atoms with Gasteiger partial charge in [0.25, 0.3) is 0 Å². The van der Waals surface area contributed by atoms with Gasteiger partial charge in [0.05, 0.1) is 13.0 Å². The molecule has 2 amide bonds. The first kappa shape index (κ1) is 24.9. The van der Waals surface area contributed by atoms with Gasteiger partial charge in [-0.3, -0.25) is 9.59 Å². The molecule has 0 aromatic heterocycles. The molecule has 8 nitrogen and oxygen atoms in total. The van der Waals surface area contributed by atoms with E-state index in [4.69, 9.17) is 4.74 Å². The van der Waals surface area contributed by atoms with Crippen LogP contribution in [0.25, 0.3) is 0 Å². The average molecular weight is 483 g/mol. The standard InChI is InChI=1S/C17H33N5O3.HI/c1-5-9-18-17(19-13-16(24)21(2)3)20-14-6-10-22(11-7-14)15(23)8-12-25-4;/h14H,5-13H2,1-4H3,(H2,18,19,20);1H. The number of methoxy groups -OCH3 is 1. The van der Waals surface area contributed by atoms with Gasteiger partial charge < -0.3 is 25.2 Å². The Balaban J connectivity index is 0.00000625. The number of hydrogen-bond acceptors (Lipinski definition) is 4. The average Bonchev–Trinajstić information content (AvgIpc) is 2.61. The van der Waals surface area contributed by atoms with E-state index in [1.165, 1.54) is 4.90 Å². The van der Waals surface area contributed by atoms with Gasteiger partial charge >= 0.3 is 0 Å². The van der Waals surface area contributed by atoms with E-state index < -0.39 is 0 Å². The van der Waals surface area contributed by atoms with E-state index in [1.807, 2.05) is 4.90 Å². The Morgan fingerprint density at radius 2 is 1.92 bits per heavy atom. The number of halogens is 1. The molecule has 152 valence electrons. The van der Waals surface area contributed by atoms with Crippen LogP contribution in [0.15, 0.2) is 4.99 Å². The van der Waals surface area contributed by atoms with E-state index >= 15 is 0 Å². The maximum atomic E-state index is 12.0. The summed E-state index contributed by atoms with van der Waals surface area (Å²) < 4.78 is 4.96. The molecule has 0 unspecified atom stereocenters. The predicted octanol–water partition coefficient (Wildman–Crippen LogP) is 0.665. The van der Waals surface area contributed by atoms with Crippen LogP contribution >= 0.6 is 24.0 Å².